The minimum Gasteiger partial charge on any atom is -0.282 e. The van der Waals surface area contributed by atoms with Crippen LogP contribution in [0.15, 0.2) is 60.2 Å². The van der Waals surface area contributed by atoms with Crippen LogP contribution in [0, 0.1) is 17.5 Å². The smallest absolute Gasteiger partial charge is 0.204 e. The summed E-state index contributed by atoms with van der Waals surface area (Å²) >= 11 is 7.50. The number of hydrogen-bond acceptors (Lipinski definition) is 5. The molecule has 0 amide bonds. The summed E-state index contributed by atoms with van der Waals surface area (Å²) in [5.74, 6) is 0.411. The molecule has 5 nitrogen and oxygen atoms in total. The molecular weight excluding hydrogens is 405 g/mol. The van der Waals surface area contributed by atoms with E-state index in [0.29, 0.717) is 17.3 Å². The van der Waals surface area contributed by atoms with E-state index >= 15 is 0 Å². The van der Waals surface area contributed by atoms with Gasteiger partial charge in [-0.25, -0.2) is 9.07 Å². The third-order valence-electron chi connectivity index (χ3n) is 4.62. The Bertz CT molecular complexity index is 1160. The second kappa shape index (κ2) is 8.36. The lowest BCUT2D eigenvalue weighted by atomic mass is 10.2. The summed E-state index contributed by atoms with van der Waals surface area (Å²) in [6.45, 7) is 3.48. The monoisotopic (exact) mass is 425 g/mol. The molecule has 4 aromatic rings. The minimum absolute atomic E-state index is 0.288. The van der Waals surface area contributed by atoms with Crippen LogP contribution in [-0.2, 0) is 13.2 Å². The Morgan fingerprint density at radius 3 is 2.48 bits per heavy atom. The zero-order chi connectivity index (χ0) is 20.4. The van der Waals surface area contributed by atoms with Crippen molar-refractivity contribution in [3.05, 3.63) is 81.3 Å². The molecule has 0 bridgehead atoms. The van der Waals surface area contributed by atoms with Crippen LogP contribution in [0.5, 0.6) is 0 Å². The van der Waals surface area contributed by atoms with Crippen molar-refractivity contribution >= 4 is 23.6 Å². The van der Waals surface area contributed by atoms with Crippen molar-refractivity contribution in [2.75, 3.05) is 7.05 Å². The number of aryl methyl sites for hydroxylation is 1. The quantitative estimate of drug-likeness (QED) is 0.405. The van der Waals surface area contributed by atoms with Gasteiger partial charge in [0, 0.05) is 29.4 Å². The fourth-order valence-corrected chi connectivity index (χ4v) is 4.38. The standard InChI is InChI=1S/C21H20FN5S2/c1-15-9-12-29-19(15)13-25(2)14-26-21(28)27(18-5-3-17(22)4-6-18)20(24-26)16-7-10-23-11-8-16/h3-12H,13-14H2,1-2H3. The third kappa shape index (κ3) is 4.19. The number of aromatic nitrogens is 4. The molecule has 29 heavy (non-hydrogen) atoms. The number of halogens is 1. The van der Waals surface area contributed by atoms with E-state index in [9.17, 15) is 4.39 Å². The van der Waals surface area contributed by atoms with Gasteiger partial charge in [0.1, 0.15) is 5.82 Å². The highest BCUT2D eigenvalue weighted by atomic mass is 32.1. The second-order valence-corrected chi connectivity index (χ2v) is 8.20. The fourth-order valence-electron chi connectivity index (χ4n) is 3.10. The van der Waals surface area contributed by atoms with Gasteiger partial charge in [-0.15, -0.1) is 16.4 Å². The molecule has 0 aliphatic heterocycles. The van der Waals surface area contributed by atoms with Gasteiger partial charge in [-0.3, -0.25) is 14.5 Å². The van der Waals surface area contributed by atoms with Crippen LogP contribution >= 0.6 is 23.6 Å². The van der Waals surface area contributed by atoms with E-state index in [1.165, 1.54) is 22.6 Å². The van der Waals surface area contributed by atoms with Crippen LogP contribution in [0.25, 0.3) is 17.1 Å². The normalized spacial score (nSPS) is 11.3. The molecule has 0 saturated heterocycles. The first-order chi connectivity index (χ1) is 14.0. The summed E-state index contributed by atoms with van der Waals surface area (Å²) in [5.41, 5.74) is 2.96. The Morgan fingerprint density at radius 1 is 1.10 bits per heavy atom. The van der Waals surface area contributed by atoms with Crippen LogP contribution in [0.4, 0.5) is 4.39 Å². The largest absolute Gasteiger partial charge is 0.282 e. The lowest BCUT2D eigenvalue weighted by molar-refractivity contribution is 0.246. The Morgan fingerprint density at radius 2 is 1.83 bits per heavy atom. The van der Waals surface area contributed by atoms with Gasteiger partial charge in [0.25, 0.3) is 0 Å². The molecule has 0 saturated carbocycles. The number of rotatable bonds is 6. The number of benzene rings is 1. The highest BCUT2D eigenvalue weighted by Crippen LogP contribution is 2.23. The van der Waals surface area contributed by atoms with E-state index in [1.807, 2.05) is 23.7 Å². The molecule has 0 unspecified atom stereocenters. The first kappa shape index (κ1) is 19.6. The van der Waals surface area contributed by atoms with Gasteiger partial charge in [-0.1, -0.05) is 0 Å². The molecule has 1 aromatic carbocycles. The molecule has 0 atom stereocenters. The van der Waals surface area contributed by atoms with E-state index in [-0.39, 0.29) is 5.82 Å². The molecule has 0 spiro atoms. The molecule has 0 radical (unpaired) electrons. The average molecular weight is 426 g/mol. The summed E-state index contributed by atoms with van der Waals surface area (Å²) in [4.78, 5) is 7.58. The van der Waals surface area contributed by atoms with E-state index in [1.54, 1.807) is 40.5 Å². The summed E-state index contributed by atoms with van der Waals surface area (Å²) in [6, 6.07) is 12.2. The van der Waals surface area contributed by atoms with Crippen LogP contribution in [0.1, 0.15) is 10.4 Å². The van der Waals surface area contributed by atoms with Crippen LogP contribution in [0.3, 0.4) is 0 Å². The maximum atomic E-state index is 13.4. The topological polar surface area (TPSA) is 38.9 Å². The number of nitrogens with zero attached hydrogens (tertiary/aromatic N) is 5. The Hall–Kier alpha value is -2.68. The van der Waals surface area contributed by atoms with Gasteiger partial charge in [0.2, 0.25) is 4.77 Å². The van der Waals surface area contributed by atoms with Gasteiger partial charge < -0.3 is 0 Å². The highest BCUT2D eigenvalue weighted by Gasteiger charge is 2.16. The van der Waals surface area contributed by atoms with Crippen LogP contribution in [-0.4, -0.2) is 31.3 Å². The molecule has 0 aliphatic carbocycles. The molecule has 4 rings (SSSR count). The zero-order valence-corrected chi connectivity index (χ0v) is 17.8. The number of hydrogen-bond donors (Lipinski definition) is 0. The number of thiophene rings is 1. The molecule has 8 heteroatoms. The van der Waals surface area contributed by atoms with E-state index in [4.69, 9.17) is 17.3 Å². The Kier molecular flexibility index (Phi) is 5.66. The van der Waals surface area contributed by atoms with Crippen molar-refractivity contribution in [3.8, 4) is 17.1 Å². The first-order valence-electron chi connectivity index (χ1n) is 9.10. The predicted molar refractivity (Wildman–Crippen MR) is 116 cm³/mol. The fraction of sp³-hybridized carbons (Fsp3) is 0.190. The van der Waals surface area contributed by atoms with Crippen molar-refractivity contribution in [2.24, 2.45) is 0 Å². The SMILES string of the molecule is Cc1ccsc1CN(C)Cn1nc(-c2ccncc2)n(-c2ccc(F)cc2)c1=S. The van der Waals surface area contributed by atoms with E-state index in [0.717, 1.165) is 17.8 Å². The number of pyridine rings is 1. The molecule has 3 aromatic heterocycles. The molecule has 148 valence electrons. The molecule has 0 aliphatic rings. The molecule has 0 N–H and O–H groups in total. The van der Waals surface area contributed by atoms with Crippen LogP contribution < -0.4 is 0 Å². The summed E-state index contributed by atoms with van der Waals surface area (Å²) < 4.78 is 17.7. The zero-order valence-electron chi connectivity index (χ0n) is 16.1. The second-order valence-electron chi connectivity index (χ2n) is 6.84. The van der Waals surface area contributed by atoms with Gasteiger partial charge >= 0.3 is 0 Å². The van der Waals surface area contributed by atoms with Gasteiger partial charge in [-0.05, 0) is 79.6 Å². The van der Waals surface area contributed by atoms with Crippen molar-refractivity contribution < 1.29 is 4.39 Å². The Labute approximate surface area is 177 Å². The first-order valence-corrected chi connectivity index (χ1v) is 10.4. The molecule has 3 heterocycles. The molecular formula is C21H20FN5S2. The predicted octanol–water partition coefficient (Wildman–Crippen LogP) is 5.06. The van der Waals surface area contributed by atoms with E-state index in [2.05, 4.69) is 28.3 Å². The van der Waals surface area contributed by atoms with Gasteiger partial charge in [-0.2, -0.15) is 0 Å². The average Bonchev–Trinajstić information content (AvgIpc) is 3.26. The summed E-state index contributed by atoms with van der Waals surface area (Å²) in [7, 11) is 2.05. The third-order valence-corrected chi connectivity index (χ3v) is 6.02. The van der Waals surface area contributed by atoms with Crippen molar-refractivity contribution in [1.29, 1.82) is 0 Å². The minimum atomic E-state index is -0.288. The summed E-state index contributed by atoms with van der Waals surface area (Å²) in [5, 5.41) is 6.89. The highest BCUT2D eigenvalue weighted by molar-refractivity contribution is 7.71. The lowest BCUT2D eigenvalue weighted by Crippen LogP contribution is -2.22. The van der Waals surface area contributed by atoms with Gasteiger partial charge in [0.15, 0.2) is 5.82 Å². The maximum absolute atomic E-state index is 13.4. The van der Waals surface area contributed by atoms with Crippen molar-refractivity contribution in [2.45, 2.75) is 20.1 Å². The Balaban J connectivity index is 1.72. The lowest BCUT2D eigenvalue weighted by Gasteiger charge is -2.16. The van der Waals surface area contributed by atoms with Crippen molar-refractivity contribution in [1.82, 2.24) is 24.2 Å². The van der Waals surface area contributed by atoms with Crippen molar-refractivity contribution in [3.63, 3.8) is 0 Å². The van der Waals surface area contributed by atoms with Gasteiger partial charge in [0.05, 0.1) is 12.4 Å². The van der Waals surface area contributed by atoms with E-state index < -0.39 is 0 Å². The maximum Gasteiger partial charge on any atom is 0.204 e. The van der Waals surface area contributed by atoms with Crippen LogP contribution in [0.2, 0.25) is 0 Å². The molecule has 0 fully saturated rings. The summed E-state index contributed by atoms with van der Waals surface area (Å²) in [6.07, 6.45) is 3.44.